The maximum Gasteiger partial charge on any atom is 0.0701 e. The molecule has 108 valence electrons. The average molecular weight is 280 g/mol. The van der Waals surface area contributed by atoms with Crippen molar-refractivity contribution < 1.29 is 14.2 Å². The van der Waals surface area contributed by atoms with Gasteiger partial charge in [-0.3, -0.25) is 0 Å². The van der Waals surface area contributed by atoms with E-state index in [2.05, 4.69) is 5.32 Å². The van der Waals surface area contributed by atoms with Crippen molar-refractivity contribution in [3.63, 3.8) is 0 Å². The SMILES string of the molecule is COCCOCCOCCNC1CCC(Cl)CC1. The average Bonchev–Trinajstić information content (AvgIpc) is 2.39. The van der Waals surface area contributed by atoms with E-state index in [0.29, 0.717) is 37.8 Å². The fourth-order valence-electron chi connectivity index (χ4n) is 2.06. The molecule has 1 rings (SSSR count). The number of hydrogen-bond donors (Lipinski definition) is 1. The summed E-state index contributed by atoms with van der Waals surface area (Å²) in [6.07, 6.45) is 4.64. The molecule has 1 fully saturated rings. The largest absolute Gasteiger partial charge is 0.382 e. The Morgan fingerprint density at radius 3 is 2.22 bits per heavy atom. The molecule has 1 aliphatic rings. The van der Waals surface area contributed by atoms with E-state index in [1.54, 1.807) is 7.11 Å². The number of nitrogens with one attached hydrogen (secondary N) is 1. The van der Waals surface area contributed by atoms with Gasteiger partial charge < -0.3 is 19.5 Å². The van der Waals surface area contributed by atoms with E-state index in [9.17, 15) is 0 Å². The van der Waals surface area contributed by atoms with Crippen LogP contribution in [0.3, 0.4) is 0 Å². The van der Waals surface area contributed by atoms with Crippen LogP contribution in [0.1, 0.15) is 25.7 Å². The molecule has 0 atom stereocenters. The smallest absolute Gasteiger partial charge is 0.0701 e. The van der Waals surface area contributed by atoms with Crippen LogP contribution in [0.4, 0.5) is 0 Å². The summed E-state index contributed by atoms with van der Waals surface area (Å²) in [6, 6.07) is 0.626. The summed E-state index contributed by atoms with van der Waals surface area (Å²) in [5, 5.41) is 3.90. The molecule has 0 aromatic heterocycles. The highest BCUT2D eigenvalue weighted by atomic mass is 35.5. The second-order valence-electron chi connectivity index (χ2n) is 4.62. The van der Waals surface area contributed by atoms with Gasteiger partial charge in [0.2, 0.25) is 0 Å². The van der Waals surface area contributed by atoms with Crippen molar-refractivity contribution in [1.29, 1.82) is 0 Å². The molecule has 0 aliphatic heterocycles. The Labute approximate surface area is 115 Å². The van der Waals surface area contributed by atoms with Gasteiger partial charge in [0.05, 0.1) is 33.0 Å². The predicted molar refractivity (Wildman–Crippen MR) is 73.4 cm³/mol. The molecule has 1 aliphatic carbocycles. The topological polar surface area (TPSA) is 39.7 Å². The van der Waals surface area contributed by atoms with E-state index in [1.165, 1.54) is 12.8 Å². The van der Waals surface area contributed by atoms with E-state index < -0.39 is 0 Å². The van der Waals surface area contributed by atoms with Crippen molar-refractivity contribution in [1.82, 2.24) is 5.32 Å². The Hall–Kier alpha value is 0.130. The number of methoxy groups -OCH3 is 1. The third kappa shape index (κ3) is 8.27. The molecule has 0 radical (unpaired) electrons. The maximum atomic E-state index is 6.06. The van der Waals surface area contributed by atoms with Crippen molar-refractivity contribution in [2.75, 3.05) is 46.7 Å². The van der Waals surface area contributed by atoms with Crippen LogP contribution in [0, 0.1) is 0 Å². The fourth-order valence-corrected chi connectivity index (χ4v) is 2.31. The Morgan fingerprint density at radius 2 is 1.56 bits per heavy atom. The quantitative estimate of drug-likeness (QED) is 0.489. The third-order valence-electron chi connectivity index (χ3n) is 3.14. The molecule has 4 nitrogen and oxygen atoms in total. The number of rotatable bonds is 10. The minimum atomic E-state index is 0.392. The zero-order valence-electron chi connectivity index (χ0n) is 11.3. The number of hydrogen-bond acceptors (Lipinski definition) is 4. The van der Waals surface area contributed by atoms with Crippen LogP contribution in [0.15, 0.2) is 0 Å². The Bertz CT molecular complexity index is 187. The molecule has 0 saturated heterocycles. The molecular formula is C13H26ClNO3. The molecular weight excluding hydrogens is 254 g/mol. The molecule has 0 unspecified atom stereocenters. The van der Waals surface area contributed by atoms with E-state index >= 15 is 0 Å². The van der Waals surface area contributed by atoms with Crippen LogP contribution in [0.2, 0.25) is 0 Å². The lowest BCUT2D eigenvalue weighted by molar-refractivity contribution is 0.0250. The molecule has 0 bridgehead atoms. The van der Waals surface area contributed by atoms with Crippen molar-refractivity contribution in [2.45, 2.75) is 37.1 Å². The maximum absolute atomic E-state index is 6.06. The Balaban J connectivity index is 1.78. The van der Waals surface area contributed by atoms with E-state index in [4.69, 9.17) is 25.8 Å². The molecule has 0 heterocycles. The lowest BCUT2D eigenvalue weighted by Crippen LogP contribution is -2.35. The van der Waals surface area contributed by atoms with Crippen LogP contribution in [0.5, 0.6) is 0 Å². The molecule has 0 aromatic rings. The highest BCUT2D eigenvalue weighted by Crippen LogP contribution is 2.22. The minimum Gasteiger partial charge on any atom is -0.382 e. The second kappa shape index (κ2) is 11.0. The summed E-state index contributed by atoms with van der Waals surface area (Å²) in [5.41, 5.74) is 0. The fraction of sp³-hybridized carbons (Fsp3) is 1.00. The minimum absolute atomic E-state index is 0.392. The first kappa shape index (κ1) is 16.2. The predicted octanol–water partition coefficient (Wildman–Crippen LogP) is 1.81. The second-order valence-corrected chi connectivity index (χ2v) is 5.24. The van der Waals surface area contributed by atoms with Gasteiger partial charge in [0, 0.05) is 25.1 Å². The molecule has 0 aromatic carbocycles. The van der Waals surface area contributed by atoms with Gasteiger partial charge in [-0.25, -0.2) is 0 Å². The summed E-state index contributed by atoms with van der Waals surface area (Å²) in [4.78, 5) is 0. The lowest BCUT2D eigenvalue weighted by Gasteiger charge is -2.25. The Kier molecular flexibility index (Phi) is 9.89. The molecule has 5 heteroatoms. The van der Waals surface area contributed by atoms with Gasteiger partial charge in [-0.1, -0.05) is 0 Å². The van der Waals surface area contributed by atoms with Gasteiger partial charge in [0.25, 0.3) is 0 Å². The van der Waals surface area contributed by atoms with Crippen molar-refractivity contribution in [2.24, 2.45) is 0 Å². The molecule has 0 spiro atoms. The zero-order valence-corrected chi connectivity index (χ0v) is 12.1. The molecule has 1 saturated carbocycles. The van der Waals surface area contributed by atoms with E-state index in [0.717, 1.165) is 26.0 Å². The van der Waals surface area contributed by atoms with Crippen LogP contribution < -0.4 is 5.32 Å². The van der Waals surface area contributed by atoms with Crippen molar-refractivity contribution in [3.8, 4) is 0 Å². The van der Waals surface area contributed by atoms with Gasteiger partial charge in [-0.05, 0) is 25.7 Å². The summed E-state index contributed by atoms with van der Waals surface area (Å²) < 4.78 is 15.6. The van der Waals surface area contributed by atoms with E-state index in [1.807, 2.05) is 0 Å². The first-order chi connectivity index (χ1) is 8.83. The number of ether oxygens (including phenoxy) is 3. The molecule has 18 heavy (non-hydrogen) atoms. The van der Waals surface area contributed by atoms with Crippen molar-refractivity contribution >= 4 is 11.6 Å². The number of halogens is 1. The van der Waals surface area contributed by atoms with E-state index in [-0.39, 0.29) is 0 Å². The van der Waals surface area contributed by atoms with Crippen LogP contribution in [-0.2, 0) is 14.2 Å². The van der Waals surface area contributed by atoms with Crippen LogP contribution in [0.25, 0.3) is 0 Å². The summed E-state index contributed by atoms with van der Waals surface area (Å²) in [5.74, 6) is 0. The first-order valence-electron chi connectivity index (χ1n) is 6.85. The highest BCUT2D eigenvalue weighted by molar-refractivity contribution is 6.20. The standard InChI is InChI=1S/C13H26ClNO3/c1-16-8-9-18-11-10-17-7-6-15-13-4-2-12(14)3-5-13/h12-13,15H,2-11H2,1H3. The summed E-state index contributed by atoms with van der Waals surface area (Å²) in [6.45, 7) is 4.23. The Morgan fingerprint density at radius 1 is 0.944 bits per heavy atom. The number of alkyl halides is 1. The first-order valence-corrected chi connectivity index (χ1v) is 7.28. The van der Waals surface area contributed by atoms with Crippen LogP contribution in [-0.4, -0.2) is 58.1 Å². The normalized spacial score (nSPS) is 24.3. The summed E-state index contributed by atoms with van der Waals surface area (Å²) >= 11 is 6.06. The van der Waals surface area contributed by atoms with Crippen LogP contribution >= 0.6 is 11.6 Å². The van der Waals surface area contributed by atoms with Gasteiger partial charge in [0.15, 0.2) is 0 Å². The highest BCUT2D eigenvalue weighted by Gasteiger charge is 2.18. The molecule has 0 amide bonds. The van der Waals surface area contributed by atoms with Gasteiger partial charge >= 0.3 is 0 Å². The third-order valence-corrected chi connectivity index (χ3v) is 3.58. The van der Waals surface area contributed by atoms with Crippen molar-refractivity contribution in [3.05, 3.63) is 0 Å². The zero-order chi connectivity index (χ0) is 13.1. The summed E-state index contributed by atoms with van der Waals surface area (Å²) in [7, 11) is 1.67. The lowest BCUT2D eigenvalue weighted by atomic mass is 9.95. The molecule has 1 N–H and O–H groups in total. The monoisotopic (exact) mass is 279 g/mol. The van der Waals surface area contributed by atoms with Gasteiger partial charge in [-0.15, -0.1) is 11.6 Å². The van der Waals surface area contributed by atoms with Gasteiger partial charge in [0.1, 0.15) is 0 Å². The van der Waals surface area contributed by atoms with Gasteiger partial charge in [-0.2, -0.15) is 0 Å².